The summed E-state index contributed by atoms with van der Waals surface area (Å²) in [5.74, 6) is -0.957. The average Bonchev–Trinajstić information content (AvgIpc) is 2.56. The van der Waals surface area contributed by atoms with E-state index in [4.69, 9.17) is 4.74 Å². The minimum Gasteiger partial charge on any atom is -0.465 e. The molecule has 6 nitrogen and oxygen atoms in total. The molecule has 1 amide bonds. The van der Waals surface area contributed by atoms with Crippen molar-refractivity contribution in [2.75, 3.05) is 18.9 Å². The molecule has 0 unspecified atom stereocenters. The Kier molecular flexibility index (Phi) is 8.78. The van der Waals surface area contributed by atoms with Crippen molar-refractivity contribution < 1.29 is 19.1 Å². The van der Waals surface area contributed by atoms with E-state index in [1.165, 1.54) is 13.1 Å². The topological polar surface area (TPSA) is 76.0 Å². The van der Waals surface area contributed by atoms with Crippen molar-refractivity contribution >= 4 is 35.0 Å². The molecule has 7 heteroatoms. The number of esters is 1. The van der Waals surface area contributed by atoms with Crippen molar-refractivity contribution in [3.05, 3.63) is 35.9 Å². The maximum absolute atomic E-state index is 12.5. The highest BCUT2D eigenvalue weighted by atomic mass is 32.2. The van der Waals surface area contributed by atoms with Gasteiger partial charge in [0.1, 0.15) is 6.54 Å². The fourth-order valence-corrected chi connectivity index (χ4v) is 2.38. The molecule has 0 bridgehead atoms. The predicted octanol–water partition coefficient (Wildman–Crippen LogP) is 2.33. The van der Waals surface area contributed by atoms with E-state index in [0.717, 1.165) is 22.3 Å². The number of benzene rings is 1. The van der Waals surface area contributed by atoms with E-state index in [1.54, 1.807) is 13.8 Å². The van der Waals surface area contributed by atoms with Crippen LogP contribution in [-0.4, -0.2) is 47.1 Å². The Morgan fingerprint density at radius 2 is 1.96 bits per heavy atom. The molecule has 0 heterocycles. The molecule has 0 N–H and O–H groups in total. The Labute approximate surface area is 146 Å². The molecule has 0 aliphatic carbocycles. The van der Waals surface area contributed by atoms with Crippen LogP contribution in [0.4, 0.5) is 0 Å². The van der Waals surface area contributed by atoms with Crippen LogP contribution in [0.3, 0.4) is 0 Å². The van der Waals surface area contributed by atoms with Gasteiger partial charge in [-0.3, -0.25) is 14.4 Å². The van der Waals surface area contributed by atoms with Gasteiger partial charge in [0.25, 0.3) is 0 Å². The first-order valence-corrected chi connectivity index (χ1v) is 8.62. The Hall–Kier alpha value is -2.15. The Balaban J connectivity index is 2.83. The zero-order valence-corrected chi connectivity index (χ0v) is 14.9. The zero-order chi connectivity index (χ0) is 17.9. The molecule has 0 saturated heterocycles. The quantitative estimate of drug-likeness (QED) is 0.409. The molecule has 1 atom stereocenters. The maximum atomic E-state index is 12.5. The Bertz CT molecular complexity index is 590. The summed E-state index contributed by atoms with van der Waals surface area (Å²) in [6.45, 7) is 4.83. The molecule has 0 spiro atoms. The number of rotatable bonds is 8. The molecular weight excluding hydrogens is 328 g/mol. The van der Waals surface area contributed by atoms with Gasteiger partial charge in [0.15, 0.2) is 5.12 Å². The van der Waals surface area contributed by atoms with E-state index in [0.29, 0.717) is 5.75 Å². The number of hydrazone groups is 1. The first-order valence-electron chi connectivity index (χ1n) is 7.63. The molecular formula is C17H22N2O4S. The molecule has 0 aromatic heterocycles. The van der Waals surface area contributed by atoms with E-state index >= 15 is 0 Å². The van der Waals surface area contributed by atoms with Crippen molar-refractivity contribution in [2.24, 2.45) is 11.0 Å². The molecule has 0 saturated carbocycles. The highest BCUT2D eigenvalue weighted by Crippen LogP contribution is 2.12. The molecule has 24 heavy (non-hydrogen) atoms. The van der Waals surface area contributed by atoms with Crippen LogP contribution >= 0.6 is 11.8 Å². The zero-order valence-electron chi connectivity index (χ0n) is 14.1. The number of nitrogens with zero attached hydrogens (tertiary/aromatic N) is 2. The van der Waals surface area contributed by atoms with Gasteiger partial charge in [0, 0.05) is 18.6 Å². The normalized spacial score (nSPS) is 12.0. The Morgan fingerprint density at radius 1 is 1.29 bits per heavy atom. The average molecular weight is 350 g/mol. The summed E-state index contributed by atoms with van der Waals surface area (Å²) in [5.41, 5.74) is 0.810. The summed E-state index contributed by atoms with van der Waals surface area (Å²) in [5, 5.41) is 5.17. The fourth-order valence-electron chi connectivity index (χ4n) is 1.75. The summed E-state index contributed by atoms with van der Waals surface area (Å²) in [6, 6.07) is 9.26. The lowest BCUT2D eigenvalue weighted by atomic mass is 10.2. The molecule has 0 aliphatic rings. The highest BCUT2D eigenvalue weighted by Gasteiger charge is 2.23. The van der Waals surface area contributed by atoms with Gasteiger partial charge in [-0.05, 0) is 12.5 Å². The van der Waals surface area contributed by atoms with Gasteiger partial charge in [-0.1, -0.05) is 49.0 Å². The molecule has 130 valence electrons. The van der Waals surface area contributed by atoms with Crippen LogP contribution in [-0.2, 0) is 19.1 Å². The number of hydrogen-bond acceptors (Lipinski definition) is 6. The summed E-state index contributed by atoms with van der Waals surface area (Å²) in [4.78, 5) is 35.3. The van der Waals surface area contributed by atoms with Crippen LogP contribution in [0.25, 0.3) is 0 Å². The van der Waals surface area contributed by atoms with E-state index < -0.39 is 11.9 Å². The molecule has 1 rings (SSSR count). The van der Waals surface area contributed by atoms with Gasteiger partial charge >= 0.3 is 5.97 Å². The van der Waals surface area contributed by atoms with Crippen molar-refractivity contribution in [1.82, 2.24) is 5.01 Å². The third kappa shape index (κ3) is 7.41. The van der Waals surface area contributed by atoms with Crippen LogP contribution in [0.1, 0.15) is 26.3 Å². The summed E-state index contributed by atoms with van der Waals surface area (Å²) >= 11 is 1.07. The summed E-state index contributed by atoms with van der Waals surface area (Å²) in [7, 11) is 0. The van der Waals surface area contributed by atoms with Crippen molar-refractivity contribution in [2.45, 2.75) is 20.8 Å². The van der Waals surface area contributed by atoms with Crippen LogP contribution < -0.4 is 0 Å². The van der Waals surface area contributed by atoms with Crippen molar-refractivity contribution in [3.8, 4) is 0 Å². The molecule has 0 radical (unpaired) electrons. The van der Waals surface area contributed by atoms with Gasteiger partial charge in [-0.2, -0.15) is 5.10 Å². The SMILES string of the molecule is CCOC(=O)CN(N=Cc1ccccc1)C(=O)[C@H](C)CSC(C)=O. The van der Waals surface area contributed by atoms with Crippen LogP contribution in [0, 0.1) is 5.92 Å². The molecule has 1 aromatic carbocycles. The maximum Gasteiger partial charge on any atom is 0.327 e. The van der Waals surface area contributed by atoms with E-state index in [1.807, 2.05) is 30.3 Å². The number of carbonyl (C=O) groups excluding carboxylic acids is 3. The molecule has 0 fully saturated rings. The first-order chi connectivity index (χ1) is 11.4. The predicted molar refractivity (Wildman–Crippen MR) is 94.7 cm³/mol. The minimum absolute atomic E-state index is 0.0561. The minimum atomic E-state index is -0.525. The molecule has 0 aliphatic heterocycles. The standard InChI is InChI=1S/C17H22N2O4S/c1-4-23-16(21)11-19(17(22)13(2)12-24-14(3)20)18-10-15-8-6-5-7-9-15/h5-10,13H,4,11-12H2,1-3H3/t13-/m1/s1. The number of carbonyl (C=O) groups is 3. The van der Waals surface area contributed by atoms with Gasteiger partial charge in [0.05, 0.1) is 12.8 Å². The van der Waals surface area contributed by atoms with Crippen molar-refractivity contribution in [1.29, 1.82) is 0 Å². The molecule has 1 aromatic rings. The third-order valence-electron chi connectivity index (χ3n) is 2.94. The second kappa shape index (κ2) is 10.6. The number of thioether (sulfide) groups is 1. The third-order valence-corrected chi connectivity index (χ3v) is 4.02. The van der Waals surface area contributed by atoms with Gasteiger partial charge < -0.3 is 4.74 Å². The van der Waals surface area contributed by atoms with Gasteiger partial charge in [-0.25, -0.2) is 5.01 Å². The number of hydrogen-bond donors (Lipinski definition) is 0. The van der Waals surface area contributed by atoms with Gasteiger partial charge in [0.2, 0.25) is 5.91 Å². The van der Waals surface area contributed by atoms with Crippen molar-refractivity contribution in [3.63, 3.8) is 0 Å². The lowest BCUT2D eigenvalue weighted by molar-refractivity contribution is -0.149. The van der Waals surface area contributed by atoms with Gasteiger partial charge in [-0.15, -0.1) is 0 Å². The number of ether oxygens (including phenoxy) is 1. The summed E-state index contributed by atoms with van der Waals surface area (Å²) < 4.78 is 4.89. The smallest absolute Gasteiger partial charge is 0.327 e. The fraction of sp³-hybridized carbons (Fsp3) is 0.412. The van der Waals surface area contributed by atoms with E-state index in [-0.39, 0.29) is 24.2 Å². The largest absolute Gasteiger partial charge is 0.465 e. The monoisotopic (exact) mass is 350 g/mol. The van der Waals surface area contributed by atoms with Crippen LogP contribution in [0.15, 0.2) is 35.4 Å². The highest BCUT2D eigenvalue weighted by molar-refractivity contribution is 8.13. The lowest BCUT2D eigenvalue weighted by Crippen LogP contribution is -2.36. The number of amides is 1. The van der Waals surface area contributed by atoms with Crippen LogP contribution in [0.5, 0.6) is 0 Å². The van der Waals surface area contributed by atoms with Crippen LogP contribution in [0.2, 0.25) is 0 Å². The van der Waals surface area contributed by atoms with E-state index in [2.05, 4.69) is 5.10 Å². The first kappa shape index (κ1) is 19.9. The lowest BCUT2D eigenvalue weighted by Gasteiger charge is -2.19. The Morgan fingerprint density at radius 3 is 2.54 bits per heavy atom. The second-order valence-electron chi connectivity index (χ2n) is 5.06. The second-order valence-corrected chi connectivity index (χ2v) is 6.26. The van der Waals surface area contributed by atoms with E-state index in [9.17, 15) is 14.4 Å². The summed E-state index contributed by atoms with van der Waals surface area (Å²) in [6.07, 6.45) is 1.52.